The van der Waals surface area contributed by atoms with E-state index >= 15 is 0 Å². The summed E-state index contributed by atoms with van der Waals surface area (Å²) in [4.78, 5) is 50.4. The first-order chi connectivity index (χ1) is 16.3. The molecule has 0 radical (unpaired) electrons. The van der Waals surface area contributed by atoms with Gasteiger partial charge in [-0.3, -0.25) is 19.7 Å². The molecule has 0 bridgehead atoms. The first kappa shape index (κ1) is 22.9. The summed E-state index contributed by atoms with van der Waals surface area (Å²) in [6, 6.07) is 11.6. The van der Waals surface area contributed by atoms with Crippen molar-refractivity contribution in [1.29, 1.82) is 0 Å². The molecule has 1 fully saturated rings. The van der Waals surface area contributed by atoms with Crippen LogP contribution in [0, 0.1) is 11.8 Å². The Morgan fingerprint density at radius 1 is 1.12 bits per heavy atom. The Hall–Kier alpha value is -4.32. The van der Waals surface area contributed by atoms with Crippen molar-refractivity contribution in [1.82, 2.24) is 15.5 Å². The molecule has 0 saturated carbocycles. The molecule has 2 aliphatic heterocycles. The SMILES string of the molecule is COC(=O)Cc1ccc(C#CC2(CCN3Cc4ccc(OC)cc4C3=O)NC(=O)NC2=O)cc1. The fourth-order valence-corrected chi connectivity index (χ4v) is 3.89. The van der Waals surface area contributed by atoms with Crippen LogP contribution in [0.15, 0.2) is 42.5 Å². The molecule has 2 heterocycles. The maximum Gasteiger partial charge on any atom is 0.323 e. The number of amides is 4. The van der Waals surface area contributed by atoms with Gasteiger partial charge in [-0.25, -0.2) is 4.79 Å². The molecule has 1 saturated heterocycles. The highest BCUT2D eigenvalue weighted by Gasteiger charge is 2.45. The minimum Gasteiger partial charge on any atom is -0.497 e. The van der Waals surface area contributed by atoms with Gasteiger partial charge < -0.3 is 19.7 Å². The summed E-state index contributed by atoms with van der Waals surface area (Å²) in [5, 5.41) is 4.86. The normalized spacial score (nSPS) is 18.5. The van der Waals surface area contributed by atoms with E-state index in [0.717, 1.165) is 11.1 Å². The molecule has 2 N–H and O–H groups in total. The van der Waals surface area contributed by atoms with E-state index in [1.165, 1.54) is 14.2 Å². The Balaban J connectivity index is 1.50. The highest BCUT2D eigenvalue weighted by Crippen LogP contribution is 2.28. The van der Waals surface area contributed by atoms with Gasteiger partial charge in [0.05, 0.1) is 20.6 Å². The van der Waals surface area contributed by atoms with E-state index in [4.69, 9.17) is 4.74 Å². The van der Waals surface area contributed by atoms with Crippen LogP contribution in [-0.2, 0) is 27.3 Å². The number of rotatable bonds is 6. The zero-order valence-electron chi connectivity index (χ0n) is 18.8. The predicted molar refractivity (Wildman–Crippen MR) is 121 cm³/mol. The highest BCUT2D eigenvalue weighted by atomic mass is 16.5. The number of carbonyl (C=O) groups is 4. The summed E-state index contributed by atoms with van der Waals surface area (Å²) in [5.74, 6) is 5.35. The lowest BCUT2D eigenvalue weighted by Crippen LogP contribution is -2.48. The summed E-state index contributed by atoms with van der Waals surface area (Å²) in [6.07, 6.45) is 0.263. The number of imide groups is 1. The highest BCUT2D eigenvalue weighted by molar-refractivity contribution is 6.09. The Labute approximate surface area is 196 Å². The molecular formula is C25H23N3O6. The summed E-state index contributed by atoms with van der Waals surface area (Å²) < 4.78 is 9.86. The largest absolute Gasteiger partial charge is 0.497 e. The monoisotopic (exact) mass is 461 g/mol. The molecule has 0 aromatic heterocycles. The van der Waals surface area contributed by atoms with Gasteiger partial charge in [0.1, 0.15) is 5.75 Å². The van der Waals surface area contributed by atoms with Gasteiger partial charge in [-0.15, -0.1) is 0 Å². The topological polar surface area (TPSA) is 114 Å². The minimum absolute atomic E-state index is 0.120. The molecule has 2 aliphatic rings. The van der Waals surface area contributed by atoms with Crippen LogP contribution >= 0.6 is 0 Å². The minimum atomic E-state index is -1.46. The Morgan fingerprint density at radius 2 is 1.88 bits per heavy atom. The summed E-state index contributed by atoms with van der Waals surface area (Å²) >= 11 is 0. The van der Waals surface area contributed by atoms with Gasteiger partial charge in [0.15, 0.2) is 5.54 Å². The number of benzene rings is 2. The maximum atomic E-state index is 12.8. The lowest BCUT2D eigenvalue weighted by Gasteiger charge is -2.23. The molecule has 174 valence electrons. The van der Waals surface area contributed by atoms with Gasteiger partial charge in [-0.1, -0.05) is 30.0 Å². The standard InChI is InChI=1S/C25H23N3O6/c1-33-19-8-7-18-15-28(22(30)20(18)14-19)12-11-25(23(31)26-24(32)27-25)10-9-16-3-5-17(6-4-16)13-21(29)34-2/h3-8,14H,11-13,15H2,1-2H3,(H2,26,27,31,32). The fourth-order valence-electron chi connectivity index (χ4n) is 3.89. The van der Waals surface area contributed by atoms with E-state index in [1.807, 2.05) is 6.07 Å². The number of ether oxygens (including phenoxy) is 2. The van der Waals surface area contributed by atoms with Crippen LogP contribution in [0.25, 0.3) is 0 Å². The van der Waals surface area contributed by atoms with Crippen molar-refractivity contribution in [3.8, 4) is 17.6 Å². The third-order valence-electron chi connectivity index (χ3n) is 5.84. The third-order valence-corrected chi connectivity index (χ3v) is 5.84. The van der Waals surface area contributed by atoms with Crippen LogP contribution < -0.4 is 15.4 Å². The number of carbonyl (C=O) groups excluding carboxylic acids is 4. The molecule has 4 amide bonds. The number of nitrogens with zero attached hydrogens (tertiary/aromatic N) is 1. The number of methoxy groups -OCH3 is 2. The van der Waals surface area contributed by atoms with Crippen molar-refractivity contribution < 1.29 is 28.7 Å². The van der Waals surface area contributed by atoms with Crippen LogP contribution in [0.4, 0.5) is 4.79 Å². The lowest BCUT2D eigenvalue weighted by atomic mass is 9.95. The number of fused-ring (bicyclic) bond motifs is 1. The van der Waals surface area contributed by atoms with Gasteiger partial charge in [-0.05, 0) is 35.4 Å². The first-order valence-electron chi connectivity index (χ1n) is 10.6. The van der Waals surface area contributed by atoms with Gasteiger partial charge >= 0.3 is 12.0 Å². The van der Waals surface area contributed by atoms with E-state index < -0.39 is 17.5 Å². The van der Waals surface area contributed by atoms with Crippen molar-refractivity contribution in [2.24, 2.45) is 0 Å². The van der Waals surface area contributed by atoms with Gasteiger partial charge in [0.2, 0.25) is 0 Å². The zero-order chi connectivity index (χ0) is 24.3. The molecule has 2 aromatic rings. The van der Waals surface area contributed by atoms with Crippen molar-refractivity contribution in [2.45, 2.75) is 24.9 Å². The Morgan fingerprint density at radius 3 is 2.53 bits per heavy atom. The first-order valence-corrected chi connectivity index (χ1v) is 10.6. The molecule has 9 heteroatoms. The Bertz CT molecular complexity index is 1230. The zero-order valence-corrected chi connectivity index (χ0v) is 18.8. The number of nitrogens with one attached hydrogen (secondary N) is 2. The fraction of sp³-hybridized carbons (Fsp3) is 0.280. The van der Waals surface area contributed by atoms with Gasteiger partial charge in [-0.2, -0.15) is 0 Å². The van der Waals surface area contributed by atoms with Crippen molar-refractivity contribution in [3.63, 3.8) is 0 Å². The van der Waals surface area contributed by atoms with Crippen molar-refractivity contribution in [3.05, 3.63) is 64.7 Å². The average Bonchev–Trinajstić information content (AvgIpc) is 3.31. The molecule has 4 rings (SSSR count). The van der Waals surface area contributed by atoms with E-state index in [1.54, 1.807) is 41.3 Å². The second-order valence-corrected chi connectivity index (χ2v) is 8.01. The molecule has 9 nitrogen and oxygen atoms in total. The van der Waals surface area contributed by atoms with E-state index in [0.29, 0.717) is 23.4 Å². The molecule has 0 spiro atoms. The smallest absolute Gasteiger partial charge is 0.323 e. The van der Waals surface area contributed by atoms with E-state index in [2.05, 4.69) is 27.2 Å². The second-order valence-electron chi connectivity index (χ2n) is 8.01. The lowest BCUT2D eigenvalue weighted by molar-refractivity contribution is -0.139. The summed E-state index contributed by atoms with van der Waals surface area (Å²) in [7, 11) is 2.86. The van der Waals surface area contributed by atoms with Crippen molar-refractivity contribution >= 4 is 23.8 Å². The number of hydrogen-bond donors (Lipinski definition) is 2. The quantitative estimate of drug-likeness (QED) is 0.382. The number of hydrogen-bond acceptors (Lipinski definition) is 6. The third kappa shape index (κ3) is 4.57. The summed E-state index contributed by atoms with van der Waals surface area (Å²) in [5.41, 5.74) is 1.35. The molecule has 34 heavy (non-hydrogen) atoms. The molecule has 2 aromatic carbocycles. The molecule has 0 aliphatic carbocycles. The van der Waals surface area contributed by atoms with Crippen LogP contribution in [0.3, 0.4) is 0 Å². The van der Waals surface area contributed by atoms with Gasteiger partial charge in [0, 0.05) is 30.6 Å². The van der Waals surface area contributed by atoms with E-state index in [-0.39, 0.29) is 31.3 Å². The van der Waals surface area contributed by atoms with Crippen LogP contribution in [0.2, 0.25) is 0 Å². The van der Waals surface area contributed by atoms with Crippen LogP contribution in [0.1, 0.15) is 33.5 Å². The predicted octanol–water partition coefficient (Wildman–Crippen LogP) is 1.39. The van der Waals surface area contributed by atoms with Gasteiger partial charge in [0.25, 0.3) is 11.8 Å². The van der Waals surface area contributed by atoms with Crippen LogP contribution in [0.5, 0.6) is 5.75 Å². The molecule has 1 atom stereocenters. The maximum absolute atomic E-state index is 12.8. The molecular weight excluding hydrogens is 438 g/mol. The van der Waals surface area contributed by atoms with Crippen LogP contribution in [-0.4, -0.2) is 55.0 Å². The molecule has 1 unspecified atom stereocenters. The van der Waals surface area contributed by atoms with E-state index in [9.17, 15) is 19.2 Å². The second kappa shape index (κ2) is 9.27. The average molecular weight is 461 g/mol. The number of esters is 1. The number of urea groups is 1. The Kier molecular flexibility index (Phi) is 6.23. The summed E-state index contributed by atoms with van der Waals surface area (Å²) in [6.45, 7) is 0.620. The van der Waals surface area contributed by atoms with Crippen molar-refractivity contribution in [2.75, 3.05) is 20.8 Å².